The normalized spacial score (nSPS) is 10.9. The van der Waals surface area contributed by atoms with E-state index in [-0.39, 0.29) is 5.78 Å². The van der Waals surface area contributed by atoms with Gasteiger partial charge in [-0.1, -0.05) is 60.3 Å². The number of aromatic nitrogens is 3. The summed E-state index contributed by atoms with van der Waals surface area (Å²) in [7, 11) is 3.53. The monoisotopic (exact) mass is 389 g/mol. The number of hydrogen-bond donors (Lipinski definition) is 0. The minimum absolute atomic E-state index is 0.0710. The number of Topliss-reactive ketones (excluding diaryl/α,β-unsaturated/α-hetero) is 1. The van der Waals surface area contributed by atoms with Crippen molar-refractivity contribution < 1.29 is 9.53 Å². The Morgan fingerprint density at radius 3 is 2.64 bits per heavy atom. The number of nitrogens with zero attached hydrogens (tertiary/aromatic N) is 3. The number of methoxy groups -OCH3 is 1. The summed E-state index contributed by atoms with van der Waals surface area (Å²) in [5.74, 6) is 1.88. The molecule has 6 heteroatoms. The fourth-order valence-corrected chi connectivity index (χ4v) is 3.84. The van der Waals surface area contributed by atoms with Gasteiger partial charge < -0.3 is 9.30 Å². The number of carbonyl (C=O) groups is 1. The van der Waals surface area contributed by atoms with Crippen LogP contribution in [0.1, 0.15) is 10.4 Å². The quantitative estimate of drug-likeness (QED) is 0.356. The molecule has 3 aromatic carbocycles. The zero-order valence-corrected chi connectivity index (χ0v) is 16.4. The van der Waals surface area contributed by atoms with Gasteiger partial charge in [0.1, 0.15) is 5.75 Å². The highest BCUT2D eigenvalue weighted by Gasteiger charge is 2.14. The van der Waals surface area contributed by atoms with Crippen molar-refractivity contribution in [3.63, 3.8) is 0 Å². The van der Waals surface area contributed by atoms with E-state index in [2.05, 4.69) is 10.2 Å². The number of benzene rings is 3. The highest BCUT2D eigenvalue weighted by molar-refractivity contribution is 7.99. The maximum absolute atomic E-state index is 12.6. The first-order valence-corrected chi connectivity index (χ1v) is 9.83. The van der Waals surface area contributed by atoms with Crippen LogP contribution in [0.25, 0.3) is 22.2 Å². The van der Waals surface area contributed by atoms with E-state index in [1.165, 1.54) is 11.8 Å². The molecule has 0 aliphatic heterocycles. The molecule has 0 fully saturated rings. The van der Waals surface area contributed by atoms with Gasteiger partial charge in [0.05, 0.1) is 12.9 Å². The highest BCUT2D eigenvalue weighted by atomic mass is 32.2. The lowest BCUT2D eigenvalue weighted by Crippen LogP contribution is -2.04. The molecule has 0 N–H and O–H groups in total. The summed E-state index contributed by atoms with van der Waals surface area (Å²) in [4.78, 5) is 12.6. The number of ketones is 1. The van der Waals surface area contributed by atoms with E-state index in [1.807, 2.05) is 78.3 Å². The largest absolute Gasteiger partial charge is 0.497 e. The van der Waals surface area contributed by atoms with Gasteiger partial charge in [-0.05, 0) is 29.0 Å². The summed E-state index contributed by atoms with van der Waals surface area (Å²) in [6.45, 7) is 0. The first kappa shape index (κ1) is 18.3. The smallest absolute Gasteiger partial charge is 0.191 e. The van der Waals surface area contributed by atoms with Crippen LogP contribution in [0.5, 0.6) is 5.75 Å². The second-order valence-electron chi connectivity index (χ2n) is 6.37. The van der Waals surface area contributed by atoms with E-state index in [4.69, 9.17) is 4.74 Å². The van der Waals surface area contributed by atoms with E-state index in [0.717, 1.165) is 27.9 Å². The maximum Gasteiger partial charge on any atom is 0.191 e. The molecule has 0 atom stereocenters. The predicted octanol–water partition coefficient (Wildman–Crippen LogP) is 4.62. The molecule has 4 rings (SSSR count). The molecule has 140 valence electrons. The van der Waals surface area contributed by atoms with Crippen LogP contribution in [-0.4, -0.2) is 33.4 Å². The van der Waals surface area contributed by atoms with Crippen molar-refractivity contribution in [2.75, 3.05) is 12.9 Å². The minimum atomic E-state index is 0.0710. The fourth-order valence-electron chi connectivity index (χ4n) is 3.03. The maximum atomic E-state index is 12.6. The van der Waals surface area contributed by atoms with Crippen molar-refractivity contribution in [3.8, 4) is 17.1 Å². The summed E-state index contributed by atoms with van der Waals surface area (Å²) in [6, 6.07) is 21.5. The van der Waals surface area contributed by atoms with Gasteiger partial charge in [0.15, 0.2) is 16.8 Å². The van der Waals surface area contributed by atoms with Crippen LogP contribution in [0.2, 0.25) is 0 Å². The molecular formula is C22H19N3O2S. The molecule has 1 heterocycles. The molecule has 0 saturated heterocycles. The summed E-state index contributed by atoms with van der Waals surface area (Å²) in [5, 5.41) is 11.4. The summed E-state index contributed by atoms with van der Waals surface area (Å²) in [6.07, 6.45) is 0. The molecular weight excluding hydrogens is 370 g/mol. The number of thioether (sulfide) groups is 1. The third-order valence-corrected chi connectivity index (χ3v) is 5.59. The van der Waals surface area contributed by atoms with E-state index in [1.54, 1.807) is 7.11 Å². The molecule has 0 unspecified atom stereocenters. The van der Waals surface area contributed by atoms with E-state index < -0.39 is 0 Å². The Kier molecular flexibility index (Phi) is 5.12. The van der Waals surface area contributed by atoms with Crippen molar-refractivity contribution in [3.05, 3.63) is 72.3 Å². The van der Waals surface area contributed by atoms with Gasteiger partial charge in [-0.25, -0.2) is 0 Å². The molecule has 0 spiro atoms. The molecule has 0 aliphatic rings. The van der Waals surface area contributed by atoms with Crippen LogP contribution < -0.4 is 4.74 Å². The van der Waals surface area contributed by atoms with Crippen LogP contribution in [0.15, 0.2) is 71.9 Å². The van der Waals surface area contributed by atoms with Gasteiger partial charge in [0, 0.05) is 18.2 Å². The van der Waals surface area contributed by atoms with Crippen molar-refractivity contribution in [2.24, 2.45) is 7.05 Å². The van der Waals surface area contributed by atoms with Crippen LogP contribution in [-0.2, 0) is 7.05 Å². The van der Waals surface area contributed by atoms with Gasteiger partial charge in [-0.3, -0.25) is 4.79 Å². The van der Waals surface area contributed by atoms with E-state index in [9.17, 15) is 4.79 Å². The lowest BCUT2D eigenvalue weighted by atomic mass is 10.1. The number of fused-ring (bicyclic) bond motifs is 1. The second kappa shape index (κ2) is 7.86. The molecule has 1 aromatic heterocycles. The second-order valence-corrected chi connectivity index (χ2v) is 7.31. The van der Waals surface area contributed by atoms with Crippen LogP contribution >= 0.6 is 11.8 Å². The first-order chi connectivity index (χ1) is 13.7. The number of rotatable bonds is 6. The Labute approximate surface area is 167 Å². The molecule has 0 amide bonds. The standard InChI is InChI=1S/C22H19N3O2S/c1-25-21(18-8-5-9-19(13-18)27-2)23-24-22(25)28-14-20(26)17-11-10-15-6-3-4-7-16(15)12-17/h3-13H,14H2,1-2H3. The Morgan fingerprint density at radius 1 is 1.00 bits per heavy atom. The molecule has 5 nitrogen and oxygen atoms in total. The zero-order chi connectivity index (χ0) is 19.5. The van der Waals surface area contributed by atoms with Crippen LogP contribution in [0, 0.1) is 0 Å². The van der Waals surface area contributed by atoms with Crippen LogP contribution in [0.3, 0.4) is 0 Å². The summed E-state index contributed by atoms with van der Waals surface area (Å²) >= 11 is 1.39. The third-order valence-electron chi connectivity index (χ3n) is 4.57. The Balaban J connectivity index is 1.50. The van der Waals surface area contributed by atoms with Crippen molar-refractivity contribution in [1.82, 2.24) is 14.8 Å². The van der Waals surface area contributed by atoms with Crippen molar-refractivity contribution >= 4 is 28.3 Å². The first-order valence-electron chi connectivity index (χ1n) is 8.84. The average Bonchev–Trinajstić information content (AvgIpc) is 3.12. The van der Waals surface area contributed by atoms with Crippen molar-refractivity contribution in [1.29, 1.82) is 0 Å². The third kappa shape index (κ3) is 3.64. The molecule has 0 aliphatic carbocycles. The van der Waals surface area contributed by atoms with Gasteiger partial charge >= 0.3 is 0 Å². The lowest BCUT2D eigenvalue weighted by Gasteiger charge is -2.06. The highest BCUT2D eigenvalue weighted by Crippen LogP contribution is 2.26. The molecule has 0 saturated carbocycles. The molecule has 4 aromatic rings. The predicted molar refractivity (Wildman–Crippen MR) is 112 cm³/mol. The average molecular weight is 389 g/mol. The summed E-state index contributed by atoms with van der Waals surface area (Å²) in [5.41, 5.74) is 1.63. The van der Waals surface area contributed by atoms with Crippen LogP contribution in [0.4, 0.5) is 0 Å². The number of hydrogen-bond acceptors (Lipinski definition) is 5. The minimum Gasteiger partial charge on any atom is -0.497 e. The molecule has 0 radical (unpaired) electrons. The zero-order valence-electron chi connectivity index (χ0n) is 15.6. The van der Waals surface area contributed by atoms with Gasteiger partial charge in [0.2, 0.25) is 0 Å². The topological polar surface area (TPSA) is 57.0 Å². The van der Waals surface area contributed by atoms with Gasteiger partial charge in [-0.2, -0.15) is 0 Å². The lowest BCUT2D eigenvalue weighted by molar-refractivity contribution is 0.102. The van der Waals surface area contributed by atoms with E-state index in [0.29, 0.717) is 16.5 Å². The number of ether oxygens (including phenoxy) is 1. The van der Waals surface area contributed by atoms with Gasteiger partial charge in [0.25, 0.3) is 0 Å². The Morgan fingerprint density at radius 2 is 1.82 bits per heavy atom. The Hall–Kier alpha value is -3.12. The molecule has 28 heavy (non-hydrogen) atoms. The molecule has 0 bridgehead atoms. The van der Waals surface area contributed by atoms with Crippen molar-refractivity contribution in [2.45, 2.75) is 5.16 Å². The SMILES string of the molecule is COc1cccc(-c2nnc(SCC(=O)c3ccc4ccccc4c3)n2C)c1. The summed E-state index contributed by atoms with van der Waals surface area (Å²) < 4.78 is 7.17. The Bertz CT molecular complexity index is 1150. The number of carbonyl (C=O) groups excluding carboxylic acids is 1. The fraction of sp³-hybridized carbons (Fsp3) is 0.136. The van der Waals surface area contributed by atoms with E-state index >= 15 is 0 Å². The van der Waals surface area contributed by atoms with Gasteiger partial charge in [-0.15, -0.1) is 10.2 Å².